The van der Waals surface area contributed by atoms with Crippen molar-refractivity contribution < 1.29 is 9.53 Å². The number of ketones is 1. The molecule has 1 N–H and O–H groups in total. The number of fused-ring (bicyclic) bond motifs is 4. The maximum atomic E-state index is 10.6. The second-order valence-corrected chi connectivity index (χ2v) is 12.6. The lowest BCUT2D eigenvalue weighted by Gasteiger charge is -2.34. The largest absolute Gasteiger partial charge is 0.457 e. The Morgan fingerprint density at radius 1 is 1.02 bits per heavy atom. The first-order valence-electron chi connectivity index (χ1n) is 15.8. The van der Waals surface area contributed by atoms with Crippen LogP contribution in [-0.2, 0) is 4.79 Å². The summed E-state index contributed by atoms with van der Waals surface area (Å²) in [6.45, 7) is 10.2. The zero-order valence-electron chi connectivity index (χ0n) is 27.7. The predicted molar refractivity (Wildman–Crippen MR) is 182 cm³/mol. The number of hydrogen-bond acceptors (Lipinski definition) is 9. The van der Waals surface area contributed by atoms with Gasteiger partial charge in [-0.05, 0) is 109 Å². The van der Waals surface area contributed by atoms with Crippen molar-refractivity contribution >= 4 is 28.5 Å². The van der Waals surface area contributed by atoms with Crippen molar-refractivity contribution in [2.24, 2.45) is 5.92 Å². The van der Waals surface area contributed by atoms with Crippen molar-refractivity contribution in [1.29, 1.82) is 0 Å². The summed E-state index contributed by atoms with van der Waals surface area (Å²) in [5, 5.41) is 11.6. The van der Waals surface area contributed by atoms with Crippen LogP contribution in [0.15, 0.2) is 79.7 Å². The number of piperidine rings is 1. The van der Waals surface area contributed by atoms with Crippen molar-refractivity contribution in [1.82, 2.24) is 39.0 Å². The van der Waals surface area contributed by atoms with Gasteiger partial charge in [0.1, 0.15) is 29.7 Å². The molecule has 0 spiro atoms. The Kier molecular flexibility index (Phi) is 10.4. The number of ether oxygens (including phenoxy) is 1. The van der Waals surface area contributed by atoms with E-state index in [9.17, 15) is 4.79 Å². The lowest BCUT2D eigenvalue weighted by atomic mass is 9.93. The van der Waals surface area contributed by atoms with Crippen LogP contribution in [0.2, 0.25) is 0 Å². The zero-order chi connectivity index (χ0) is 32.8. The van der Waals surface area contributed by atoms with E-state index in [2.05, 4.69) is 50.9 Å². The molecule has 0 aliphatic carbocycles. The van der Waals surface area contributed by atoms with Gasteiger partial charge in [-0.25, -0.2) is 19.0 Å². The summed E-state index contributed by atoms with van der Waals surface area (Å²) >= 11 is 0. The number of aryl methyl sites for hydroxylation is 1. The number of pyridine rings is 1. The third-order valence-corrected chi connectivity index (χ3v) is 8.59. The maximum absolute atomic E-state index is 10.6. The van der Waals surface area contributed by atoms with Crippen molar-refractivity contribution in [3.63, 3.8) is 0 Å². The molecule has 0 radical (unpaired) electrons. The van der Waals surface area contributed by atoms with Gasteiger partial charge in [0.25, 0.3) is 0 Å². The molecule has 242 valence electrons. The van der Waals surface area contributed by atoms with Crippen molar-refractivity contribution in [3.05, 3.63) is 85.2 Å². The van der Waals surface area contributed by atoms with Crippen LogP contribution in [-0.4, -0.2) is 84.6 Å². The highest BCUT2D eigenvalue weighted by atomic mass is 16.5. The maximum Gasteiger partial charge on any atom is 0.158 e. The standard InChI is InChI=1S/C19H15N7O.C9H17N.C7H13NO/c1-13-9-14(24-19-16-3-2-7-25(16)22-12-21-19)4-5-17(13)27-15-6-8-26-18(10-15)20-11-23-26;1-7-5-8-3-4-9(6-7)10(8)2;1-6(7(2)9)5-8(3)4/h2-12H,1H3,(H,21,22,24);7-9H,3-6H2,1-2H3;1,5H2,2-4H3. The quantitative estimate of drug-likeness (QED) is 0.213. The number of anilines is 2. The Morgan fingerprint density at radius 2 is 1.74 bits per heavy atom. The summed E-state index contributed by atoms with van der Waals surface area (Å²) in [6, 6.07) is 15.4. The molecule has 0 saturated carbocycles. The molecular weight excluding hydrogens is 578 g/mol. The Hall–Kier alpha value is -4.61. The van der Waals surface area contributed by atoms with E-state index >= 15 is 0 Å². The molecule has 2 atom stereocenters. The molecule has 7 rings (SSSR count). The number of aromatic nitrogens is 6. The number of nitrogens with one attached hydrogen (secondary N) is 1. The Bertz CT molecular complexity index is 1780. The van der Waals surface area contributed by atoms with Gasteiger partial charge in [0.15, 0.2) is 17.2 Å². The van der Waals surface area contributed by atoms with Crippen LogP contribution in [0.5, 0.6) is 11.5 Å². The van der Waals surface area contributed by atoms with Gasteiger partial charge in [-0.1, -0.05) is 13.5 Å². The molecule has 11 heteroatoms. The van der Waals surface area contributed by atoms with Gasteiger partial charge in [-0.2, -0.15) is 10.2 Å². The predicted octanol–water partition coefficient (Wildman–Crippen LogP) is 6.19. The van der Waals surface area contributed by atoms with E-state index in [1.54, 1.807) is 9.03 Å². The van der Waals surface area contributed by atoms with E-state index in [1.807, 2.05) is 80.8 Å². The number of nitrogens with zero attached hydrogens (tertiary/aromatic N) is 8. The molecule has 2 saturated heterocycles. The molecular formula is C35H45N9O2. The summed E-state index contributed by atoms with van der Waals surface area (Å²) in [6.07, 6.45) is 12.6. The first-order chi connectivity index (χ1) is 22.1. The smallest absolute Gasteiger partial charge is 0.158 e. The molecule has 2 unspecified atom stereocenters. The van der Waals surface area contributed by atoms with Crippen molar-refractivity contribution in [2.75, 3.05) is 33.0 Å². The molecule has 4 aromatic heterocycles. The van der Waals surface area contributed by atoms with E-state index in [0.29, 0.717) is 17.9 Å². The second-order valence-electron chi connectivity index (χ2n) is 12.6. The Morgan fingerprint density at radius 3 is 2.41 bits per heavy atom. The van der Waals surface area contributed by atoms with E-state index in [-0.39, 0.29) is 5.78 Å². The minimum Gasteiger partial charge on any atom is -0.457 e. The highest BCUT2D eigenvalue weighted by Gasteiger charge is 2.36. The molecule has 6 heterocycles. The van der Waals surface area contributed by atoms with Gasteiger partial charge >= 0.3 is 0 Å². The molecule has 2 bridgehead atoms. The highest BCUT2D eigenvalue weighted by molar-refractivity contribution is 5.92. The van der Waals surface area contributed by atoms with Crippen LogP contribution in [0.25, 0.3) is 11.2 Å². The van der Waals surface area contributed by atoms with Crippen LogP contribution >= 0.6 is 0 Å². The van der Waals surface area contributed by atoms with E-state index in [1.165, 1.54) is 45.3 Å². The lowest BCUT2D eigenvalue weighted by Crippen LogP contribution is -2.39. The van der Waals surface area contributed by atoms with E-state index in [4.69, 9.17) is 4.74 Å². The second kappa shape index (κ2) is 14.7. The molecule has 11 nitrogen and oxygen atoms in total. The fourth-order valence-electron chi connectivity index (χ4n) is 6.10. The van der Waals surface area contributed by atoms with Gasteiger partial charge in [-0.15, -0.1) is 0 Å². The Labute approximate surface area is 270 Å². The summed E-state index contributed by atoms with van der Waals surface area (Å²) in [4.78, 5) is 23.6. The summed E-state index contributed by atoms with van der Waals surface area (Å²) in [5.74, 6) is 3.31. The summed E-state index contributed by atoms with van der Waals surface area (Å²) in [5.41, 5.74) is 4.25. The number of likely N-dealkylation sites (N-methyl/N-ethyl adjacent to an activating group) is 1. The number of rotatable bonds is 7. The average molecular weight is 624 g/mol. The van der Waals surface area contributed by atoms with Crippen molar-refractivity contribution in [3.8, 4) is 11.5 Å². The molecule has 2 fully saturated rings. The first kappa shape index (κ1) is 32.8. The third-order valence-electron chi connectivity index (χ3n) is 8.59. The molecule has 5 aromatic rings. The fourth-order valence-corrected chi connectivity index (χ4v) is 6.10. The van der Waals surface area contributed by atoms with Gasteiger partial charge in [0.2, 0.25) is 0 Å². The first-order valence-corrected chi connectivity index (χ1v) is 15.8. The molecule has 1 aromatic carbocycles. The van der Waals surface area contributed by atoms with Crippen LogP contribution in [0.4, 0.5) is 11.5 Å². The van der Waals surface area contributed by atoms with Gasteiger partial charge in [-0.3, -0.25) is 4.79 Å². The van der Waals surface area contributed by atoms with Crippen LogP contribution < -0.4 is 10.1 Å². The van der Waals surface area contributed by atoms with E-state index in [0.717, 1.165) is 52.0 Å². The number of carbonyl (C=O) groups excluding carboxylic acids is 1. The topological polar surface area (TPSA) is 105 Å². The SMILES string of the molecule is C=C(CN(C)C)C(C)=O.CC1CC2CCC(C1)N2C.Cc1cc(Nc2ncnn3cccc23)ccc1Oc1ccn2ncnc2c1. The number of hydrogen-bond donors (Lipinski definition) is 1. The zero-order valence-corrected chi connectivity index (χ0v) is 27.7. The van der Waals surface area contributed by atoms with Gasteiger partial charge in [0, 0.05) is 48.3 Å². The summed E-state index contributed by atoms with van der Waals surface area (Å²) in [7, 11) is 6.12. The molecule has 0 amide bonds. The summed E-state index contributed by atoms with van der Waals surface area (Å²) < 4.78 is 9.48. The van der Waals surface area contributed by atoms with Crippen molar-refractivity contribution in [2.45, 2.75) is 58.5 Å². The average Bonchev–Trinajstić information content (AvgIpc) is 3.73. The minimum atomic E-state index is 0.0729. The van der Waals surface area contributed by atoms with Crippen LogP contribution in [0, 0.1) is 12.8 Å². The number of benzene rings is 1. The van der Waals surface area contributed by atoms with Gasteiger partial charge < -0.3 is 19.9 Å². The van der Waals surface area contributed by atoms with Gasteiger partial charge in [0.05, 0.1) is 0 Å². The Balaban J connectivity index is 0.000000179. The molecule has 2 aliphatic rings. The minimum absolute atomic E-state index is 0.0729. The normalized spacial score (nSPS) is 18.9. The molecule has 2 aliphatic heterocycles. The fraction of sp³-hybridized carbons (Fsp3) is 0.400. The monoisotopic (exact) mass is 623 g/mol. The lowest BCUT2D eigenvalue weighted by molar-refractivity contribution is -0.113. The number of carbonyl (C=O) groups is 1. The number of Topliss-reactive ketones (excluding diaryl/α,β-unsaturated/α-hetero) is 1. The van der Waals surface area contributed by atoms with Crippen LogP contribution in [0.1, 0.15) is 45.1 Å². The highest BCUT2D eigenvalue weighted by Crippen LogP contribution is 2.36. The van der Waals surface area contributed by atoms with E-state index < -0.39 is 0 Å². The molecule has 46 heavy (non-hydrogen) atoms. The van der Waals surface area contributed by atoms with Crippen LogP contribution in [0.3, 0.4) is 0 Å². The third kappa shape index (κ3) is 8.15.